The van der Waals surface area contributed by atoms with Crippen LogP contribution < -0.4 is 28.5 Å². The molecular formula is C9H9IN2O2. The molecule has 0 spiro atoms. The molecule has 0 amide bonds. The van der Waals surface area contributed by atoms with Crippen LogP contribution in [0, 0.1) is 11.3 Å². The summed E-state index contributed by atoms with van der Waals surface area (Å²) in [6, 6.07) is 5.50. The van der Waals surface area contributed by atoms with Crippen LogP contribution in [0.25, 0.3) is 0 Å². The van der Waals surface area contributed by atoms with E-state index in [4.69, 9.17) is 10.4 Å². The van der Waals surface area contributed by atoms with E-state index in [1.807, 2.05) is 6.07 Å². The fraction of sp³-hybridized carbons (Fsp3) is 0.222. The van der Waals surface area contributed by atoms with Gasteiger partial charge in [0, 0.05) is 12.1 Å². The summed E-state index contributed by atoms with van der Waals surface area (Å²) >= 11 is 0. The molecule has 0 aliphatic heterocycles. The van der Waals surface area contributed by atoms with Crippen molar-refractivity contribution in [2.45, 2.75) is 13.0 Å². The summed E-state index contributed by atoms with van der Waals surface area (Å²) in [6.07, 6.45) is 3.66. The number of pyridine rings is 1. The lowest BCUT2D eigenvalue weighted by Crippen LogP contribution is -3.00. The molecule has 0 bridgehead atoms. The second-order valence-electron chi connectivity index (χ2n) is 2.61. The minimum Gasteiger partial charge on any atom is -1.00 e. The van der Waals surface area contributed by atoms with Gasteiger partial charge >= 0.3 is 5.97 Å². The number of hydrogen-bond acceptors (Lipinski definition) is 2. The van der Waals surface area contributed by atoms with E-state index in [1.54, 1.807) is 29.1 Å². The molecule has 1 aromatic heterocycles. The number of carboxylic acids is 1. The lowest BCUT2D eigenvalue weighted by molar-refractivity contribution is -0.685. The van der Waals surface area contributed by atoms with Crippen LogP contribution in [0.1, 0.15) is 5.56 Å². The smallest absolute Gasteiger partial charge is 0.370 e. The molecule has 0 aromatic carbocycles. The Bertz CT molecular complexity index is 343. The van der Waals surface area contributed by atoms with Crippen molar-refractivity contribution in [2.75, 3.05) is 0 Å². The minimum atomic E-state index is -0.877. The van der Waals surface area contributed by atoms with Gasteiger partial charge in [0.05, 0.1) is 12.5 Å². The van der Waals surface area contributed by atoms with Gasteiger partial charge in [-0.05, 0) is 5.56 Å². The number of aliphatic carboxylic acids is 1. The molecule has 74 valence electrons. The van der Waals surface area contributed by atoms with E-state index >= 15 is 0 Å². The highest BCUT2D eigenvalue weighted by molar-refractivity contribution is 5.64. The fourth-order valence-corrected chi connectivity index (χ4v) is 0.959. The molecule has 1 N–H and O–H groups in total. The van der Waals surface area contributed by atoms with E-state index in [2.05, 4.69) is 0 Å². The van der Waals surface area contributed by atoms with E-state index in [1.165, 1.54) is 0 Å². The zero-order chi connectivity index (χ0) is 9.68. The highest BCUT2D eigenvalue weighted by atomic mass is 127. The van der Waals surface area contributed by atoms with E-state index in [0.717, 1.165) is 5.56 Å². The number of carboxylic acid groups (broad SMARTS) is 1. The lowest BCUT2D eigenvalue weighted by atomic mass is 10.2. The molecule has 1 heterocycles. The Labute approximate surface area is 98.8 Å². The molecule has 0 aliphatic rings. The van der Waals surface area contributed by atoms with Gasteiger partial charge in [0.2, 0.25) is 6.54 Å². The summed E-state index contributed by atoms with van der Waals surface area (Å²) in [6.45, 7) is -0.0488. The third-order valence-electron chi connectivity index (χ3n) is 1.56. The summed E-state index contributed by atoms with van der Waals surface area (Å²) < 4.78 is 1.54. The van der Waals surface area contributed by atoms with Crippen LogP contribution in [-0.2, 0) is 17.8 Å². The first-order valence-electron chi connectivity index (χ1n) is 3.79. The van der Waals surface area contributed by atoms with Gasteiger partial charge in [0.1, 0.15) is 0 Å². The molecule has 1 aromatic rings. The van der Waals surface area contributed by atoms with Crippen LogP contribution in [0.3, 0.4) is 0 Å². The first-order valence-corrected chi connectivity index (χ1v) is 3.79. The predicted octanol–water partition coefficient (Wildman–Crippen LogP) is -2.87. The van der Waals surface area contributed by atoms with Crippen molar-refractivity contribution in [2.24, 2.45) is 0 Å². The molecule has 0 aliphatic carbocycles. The van der Waals surface area contributed by atoms with E-state index in [0.29, 0.717) is 6.42 Å². The lowest BCUT2D eigenvalue weighted by Gasteiger charge is -1.93. The summed E-state index contributed by atoms with van der Waals surface area (Å²) in [5, 5.41) is 16.8. The van der Waals surface area contributed by atoms with Crippen molar-refractivity contribution < 1.29 is 38.4 Å². The van der Waals surface area contributed by atoms with Crippen molar-refractivity contribution in [3.63, 3.8) is 0 Å². The van der Waals surface area contributed by atoms with Gasteiger partial charge in [0.15, 0.2) is 12.4 Å². The van der Waals surface area contributed by atoms with E-state index in [9.17, 15) is 4.79 Å². The number of hydrogen-bond donors (Lipinski definition) is 1. The van der Waals surface area contributed by atoms with Gasteiger partial charge in [0.25, 0.3) is 0 Å². The van der Waals surface area contributed by atoms with Crippen molar-refractivity contribution in [1.82, 2.24) is 0 Å². The fourth-order valence-electron chi connectivity index (χ4n) is 0.959. The molecule has 1 rings (SSSR count). The van der Waals surface area contributed by atoms with Crippen molar-refractivity contribution >= 4 is 5.97 Å². The van der Waals surface area contributed by atoms with Crippen LogP contribution in [0.4, 0.5) is 0 Å². The monoisotopic (exact) mass is 304 g/mol. The van der Waals surface area contributed by atoms with Crippen molar-refractivity contribution in [1.29, 1.82) is 5.26 Å². The molecule has 0 unspecified atom stereocenters. The number of nitrogens with zero attached hydrogens (tertiary/aromatic N) is 2. The average Bonchev–Trinajstić information content (AvgIpc) is 2.08. The summed E-state index contributed by atoms with van der Waals surface area (Å²) in [4.78, 5) is 10.3. The molecule has 0 atom stereocenters. The van der Waals surface area contributed by atoms with Gasteiger partial charge in [-0.1, -0.05) is 0 Å². The van der Waals surface area contributed by atoms with Crippen LogP contribution in [-0.4, -0.2) is 11.1 Å². The zero-order valence-electron chi connectivity index (χ0n) is 7.35. The first kappa shape index (κ1) is 12.8. The summed E-state index contributed by atoms with van der Waals surface area (Å²) in [5.74, 6) is -0.877. The molecule has 0 saturated carbocycles. The normalized spacial score (nSPS) is 8.50. The largest absolute Gasteiger partial charge is 1.00 e. The molecule has 0 radical (unpaired) electrons. The third-order valence-corrected chi connectivity index (χ3v) is 1.56. The summed E-state index contributed by atoms with van der Waals surface area (Å²) in [5.41, 5.74) is 0.893. The van der Waals surface area contributed by atoms with E-state index < -0.39 is 5.97 Å². The SMILES string of the molecule is N#CCc1cc[n+](CC(=O)O)cc1.[I-]. The topological polar surface area (TPSA) is 65.0 Å². The molecule has 14 heavy (non-hydrogen) atoms. The Morgan fingerprint density at radius 3 is 2.50 bits per heavy atom. The molecule has 0 saturated heterocycles. The molecule has 0 fully saturated rings. The van der Waals surface area contributed by atoms with Crippen LogP contribution in [0.15, 0.2) is 24.5 Å². The Balaban J connectivity index is 0.00000169. The number of nitriles is 1. The Morgan fingerprint density at radius 1 is 1.50 bits per heavy atom. The predicted molar refractivity (Wildman–Crippen MR) is 43.6 cm³/mol. The van der Waals surface area contributed by atoms with Gasteiger partial charge in [-0.25, -0.2) is 4.79 Å². The number of rotatable bonds is 3. The quantitative estimate of drug-likeness (QED) is 0.482. The second kappa shape index (κ2) is 6.32. The summed E-state index contributed by atoms with van der Waals surface area (Å²) in [7, 11) is 0. The Hall–Kier alpha value is -1.16. The maximum Gasteiger partial charge on any atom is 0.370 e. The Morgan fingerprint density at radius 2 is 2.07 bits per heavy atom. The van der Waals surface area contributed by atoms with Gasteiger partial charge in [-0.2, -0.15) is 9.83 Å². The number of halogens is 1. The van der Waals surface area contributed by atoms with Crippen molar-refractivity contribution in [3.05, 3.63) is 30.1 Å². The highest BCUT2D eigenvalue weighted by Crippen LogP contribution is 1.94. The molecule has 4 nitrogen and oxygen atoms in total. The standard InChI is InChI=1S/C9H8N2O2.HI/c10-4-1-8-2-5-11(6-3-8)7-9(12)13;/h2-3,5-6H,1,7H2;1H. The highest BCUT2D eigenvalue weighted by Gasteiger charge is 2.05. The van der Waals surface area contributed by atoms with Gasteiger partial charge in [-0.3, -0.25) is 0 Å². The van der Waals surface area contributed by atoms with Gasteiger partial charge in [-0.15, -0.1) is 0 Å². The third kappa shape index (κ3) is 4.18. The van der Waals surface area contributed by atoms with E-state index in [-0.39, 0.29) is 30.5 Å². The van der Waals surface area contributed by atoms with Crippen molar-refractivity contribution in [3.8, 4) is 6.07 Å². The number of carbonyl (C=O) groups is 1. The Kier molecular flexibility index (Phi) is 5.79. The average molecular weight is 304 g/mol. The van der Waals surface area contributed by atoms with Gasteiger partial charge < -0.3 is 29.1 Å². The molecule has 5 heteroatoms. The van der Waals surface area contributed by atoms with Crippen LogP contribution in [0.2, 0.25) is 0 Å². The molecular weight excluding hydrogens is 295 g/mol. The second-order valence-corrected chi connectivity index (χ2v) is 2.61. The van der Waals surface area contributed by atoms with Crippen LogP contribution >= 0.6 is 0 Å². The zero-order valence-corrected chi connectivity index (χ0v) is 9.51. The maximum absolute atomic E-state index is 10.3. The minimum absolute atomic E-state index is 0. The maximum atomic E-state index is 10.3. The first-order chi connectivity index (χ1) is 6.22. The van der Waals surface area contributed by atoms with Crippen LogP contribution in [0.5, 0.6) is 0 Å². The number of aromatic nitrogens is 1.